The molecule has 0 aromatic carbocycles. The molecule has 220 valence electrons. The molecule has 9 atom stereocenters. The van der Waals surface area contributed by atoms with Crippen LogP contribution < -0.4 is 0 Å². The van der Waals surface area contributed by atoms with E-state index in [0.717, 1.165) is 13.0 Å². The van der Waals surface area contributed by atoms with Gasteiger partial charge in [-0.25, -0.2) is 0 Å². The van der Waals surface area contributed by atoms with E-state index in [9.17, 15) is 0 Å². The van der Waals surface area contributed by atoms with Gasteiger partial charge in [-0.3, -0.25) is 0 Å². The third-order valence-electron chi connectivity index (χ3n) is 6.84. The minimum absolute atomic E-state index is 0.00288. The van der Waals surface area contributed by atoms with E-state index >= 15 is 0 Å². The summed E-state index contributed by atoms with van der Waals surface area (Å²) < 4.78 is 47.5. The first-order valence-electron chi connectivity index (χ1n) is 14.5. The second kappa shape index (κ2) is 14.9. The summed E-state index contributed by atoms with van der Waals surface area (Å²) >= 11 is 0. The largest absolute Gasteiger partial charge is 0.376 e. The fourth-order valence-electron chi connectivity index (χ4n) is 5.17. The van der Waals surface area contributed by atoms with Crippen LogP contribution in [0.25, 0.3) is 0 Å². The summed E-state index contributed by atoms with van der Waals surface area (Å²) in [5.74, 6) is 0. The molecule has 37 heavy (non-hydrogen) atoms. The molecule has 0 spiro atoms. The lowest BCUT2D eigenvalue weighted by Crippen LogP contribution is -2.52. The van der Waals surface area contributed by atoms with Crippen molar-refractivity contribution in [2.24, 2.45) is 0 Å². The van der Waals surface area contributed by atoms with Crippen LogP contribution in [-0.4, -0.2) is 98.7 Å². The molecular formula is C29H56O8. The molecule has 0 aromatic heterocycles. The van der Waals surface area contributed by atoms with Crippen molar-refractivity contribution in [3.8, 4) is 0 Å². The monoisotopic (exact) mass is 532 g/mol. The van der Waals surface area contributed by atoms with E-state index in [1.54, 1.807) is 0 Å². The van der Waals surface area contributed by atoms with Crippen molar-refractivity contribution in [1.29, 1.82) is 0 Å². The highest BCUT2D eigenvalue weighted by atomic mass is 16.7. The van der Waals surface area contributed by atoms with Gasteiger partial charge in [0.2, 0.25) is 0 Å². The van der Waals surface area contributed by atoms with Crippen LogP contribution >= 0.6 is 0 Å². The van der Waals surface area contributed by atoms with Gasteiger partial charge in [0.15, 0.2) is 0 Å². The molecule has 8 nitrogen and oxygen atoms in total. The van der Waals surface area contributed by atoms with Crippen molar-refractivity contribution in [3.05, 3.63) is 0 Å². The Kier molecular flexibility index (Phi) is 13.2. The zero-order valence-electron chi connectivity index (χ0n) is 25.5. The normalized spacial score (nSPS) is 37.3. The molecule has 3 aliphatic heterocycles. The number of rotatable bonds is 13. The Balaban J connectivity index is 0.000000260. The molecule has 8 heteroatoms. The Morgan fingerprint density at radius 3 is 1.89 bits per heavy atom. The van der Waals surface area contributed by atoms with Crippen LogP contribution in [0, 0.1) is 0 Å². The van der Waals surface area contributed by atoms with Crippen LogP contribution in [0.2, 0.25) is 0 Å². The smallest absolute Gasteiger partial charge is 0.146 e. The molecule has 0 amide bonds. The van der Waals surface area contributed by atoms with E-state index in [1.165, 1.54) is 0 Å². The predicted octanol–water partition coefficient (Wildman–Crippen LogP) is 4.94. The molecule has 3 saturated heterocycles. The van der Waals surface area contributed by atoms with Crippen LogP contribution in [0.4, 0.5) is 0 Å². The van der Waals surface area contributed by atoms with Gasteiger partial charge in [0.1, 0.15) is 36.1 Å². The highest BCUT2D eigenvalue weighted by Crippen LogP contribution is 2.46. The van der Waals surface area contributed by atoms with Crippen molar-refractivity contribution in [3.63, 3.8) is 0 Å². The second-order valence-corrected chi connectivity index (χ2v) is 11.7. The first kappa shape index (κ1) is 32.9. The van der Waals surface area contributed by atoms with Crippen molar-refractivity contribution < 1.29 is 37.9 Å². The maximum atomic E-state index is 6.15. The first-order valence-corrected chi connectivity index (χ1v) is 14.5. The highest BCUT2D eigenvalue weighted by molar-refractivity contribution is 5.12. The fourth-order valence-corrected chi connectivity index (χ4v) is 5.17. The Hall–Kier alpha value is -0.320. The second-order valence-electron chi connectivity index (χ2n) is 11.7. The van der Waals surface area contributed by atoms with E-state index < -0.39 is 5.60 Å². The molecule has 0 aromatic rings. The zero-order valence-corrected chi connectivity index (χ0v) is 25.5. The summed E-state index contributed by atoms with van der Waals surface area (Å²) in [4.78, 5) is 0. The van der Waals surface area contributed by atoms with Crippen LogP contribution in [0.3, 0.4) is 0 Å². The van der Waals surface area contributed by atoms with Crippen LogP contribution in [0.1, 0.15) is 89.5 Å². The molecule has 0 N–H and O–H groups in total. The van der Waals surface area contributed by atoms with Gasteiger partial charge in [-0.15, -0.1) is 0 Å². The average Bonchev–Trinajstić information content (AvgIpc) is 3.33. The maximum Gasteiger partial charge on any atom is 0.146 e. The molecule has 2 bridgehead atoms. The number of ether oxygens (including phenoxy) is 8. The van der Waals surface area contributed by atoms with Gasteiger partial charge in [-0.2, -0.15) is 0 Å². The molecule has 3 aliphatic rings. The van der Waals surface area contributed by atoms with Gasteiger partial charge in [-0.05, 0) is 82.6 Å². The maximum absolute atomic E-state index is 6.15. The lowest BCUT2D eigenvalue weighted by atomic mass is 9.93. The summed E-state index contributed by atoms with van der Waals surface area (Å²) in [6.45, 7) is 26.4. The number of fused-ring (bicyclic) bond motifs is 2. The molecule has 3 heterocycles. The van der Waals surface area contributed by atoms with E-state index in [0.29, 0.717) is 13.2 Å². The zero-order chi connectivity index (χ0) is 27.9. The Morgan fingerprint density at radius 2 is 1.35 bits per heavy atom. The molecule has 3 rings (SSSR count). The minimum atomic E-state index is -0.446. The van der Waals surface area contributed by atoms with Crippen LogP contribution in [0.15, 0.2) is 0 Å². The lowest BCUT2D eigenvalue weighted by Gasteiger charge is -2.36. The van der Waals surface area contributed by atoms with Crippen molar-refractivity contribution >= 4 is 0 Å². The van der Waals surface area contributed by atoms with Gasteiger partial charge in [0.25, 0.3) is 0 Å². The van der Waals surface area contributed by atoms with Gasteiger partial charge >= 0.3 is 0 Å². The topological polar surface area (TPSA) is 73.8 Å². The number of hydrogen-bond donors (Lipinski definition) is 0. The van der Waals surface area contributed by atoms with E-state index in [1.807, 2.05) is 76.2 Å². The predicted molar refractivity (Wildman–Crippen MR) is 144 cm³/mol. The van der Waals surface area contributed by atoms with Gasteiger partial charge in [-0.1, -0.05) is 6.92 Å². The quantitative estimate of drug-likeness (QED) is 0.330. The highest BCUT2D eigenvalue weighted by Gasteiger charge is 2.65. The van der Waals surface area contributed by atoms with E-state index in [2.05, 4.69) is 6.92 Å². The Labute approximate surface area is 226 Å². The Morgan fingerprint density at radius 1 is 0.730 bits per heavy atom. The third-order valence-corrected chi connectivity index (χ3v) is 6.84. The Bertz CT molecular complexity index is 641. The minimum Gasteiger partial charge on any atom is -0.376 e. The van der Waals surface area contributed by atoms with Gasteiger partial charge in [0.05, 0.1) is 55.9 Å². The molecule has 3 fully saturated rings. The molecular weight excluding hydrogens is 476 g/mol. The summed E-state index contributed by atoms with van der Waals surface area (Å²) in [7, 11) is 0. The standard InChI is InChI=1S/C15H30O4.C14H26O4/c1-7-8-16-14-12(6)19-13(9-17-10(2)3)15(14)18-11(4)5;1-8(2)15-7-14-11(6)17-12(10(5)18-14)13(14)16-9(3)4/h10-15H,7-9H2,1-6H3;8-13H,7H2,1-6H3/t12-,13+,14-,15+;10-,11-,12?,13-,14-/m00/s1. The lowest BCUT2D eigenvalue weighted by molar-refractivity contribution is -0.204. The number of hydrogen-bond acceptors (Lipinski definition) is 8. The molecule has 0 saturated carbocycles. The summed E-state index contributed by atoms with van der Waals surface area (Å²) in [6, 6.07) is 0. The first-order chi connectivity index (χ1) is 17.3. The summed E-state index contributed by atoms with van der Waals surface area (Å²) in [5, 5.41) is 0. The van der Waals surface area contributed by atoms with Gasteiger partial charge < -0.3 is 37.9 Å². The SMILES string of the molecule is CC(C)OC[C@]12O[C@@H](C)C(O[C@H]1C)[C@@H]2OC(C)C.CCCO[C@@H]1[C@H](OC(C)C)[C@@H](COC(C)C)O[C@H]1C. The average molecular weight is 533 g/mol. The summed E-state index contributed by atoms with van der Waals surface area (Å²) in [6.07, 6.45) is 1.78. The molecule has 0 radical (unpaired) electrons. The molecule has 1 unspecified atom stereocenters. The van der Waals surface area contributed by atoms with E-state index in [-0.39, 0.29) is 73.2 Å². The van der Waals surface area contributed by atoms with Crippen molar-refractivity contribution in [1.82, 2.24) is 0 Å². The van der Waals surface area contributed by atoms with Gasteiger partial charge in [0, 0.05) is 6.61 Å². The third kappa shape index (κ3) is 8.84. The van der Waals surface area contributed by atoms with Crippen LogP contribution in [0.5, 0.6) is 0 Å². The van der Waals surface area contributed by atoms with Crippen molar-refractivity contribution in [2.75, 3.05) is 19.8 Å². The fraction of sp³-hybridized carbons (Fsp3) is 1.00. The molecule has 0 aliphatic carbocycles. The summed E-state index contributed by atoms with van der Waals surface area (Å²) in [5.41, 5.74) is -0.446. The van der Waals surface area contributed by atoms with Crippen LogP contribution in [-0.2, 0) is 37.9 Å². The van der Waals surface area contributed by atoms with E-state index in [4.69, 9.17) is 37.9 Å². The van der Waals surface area contributed by atoms with Crippen molar-refractivity contribution in [2.45, 2.75) is 168 Å².